The zero-order valence-electron chi connectivity index (χ0n) is 14.0. The molecule has 1 rings (SSSR count). The maximum absolute atomic E-state index is 3.74. The lowest BCUT2D eigenvalue weighted by Crippen LogP contribution is -2.47. The van der Waals surface area contributed by atoms with Gasteiger partial charge in [0.1, 0.15) is 0 Å². The Kier molecular flexibility index (Phi) is 7.38. The zero-order valence-corrected chi connectivity index (χ0v) is 14.0. The van der Waals surface area contributed by atoms with E-state index in [0.29, 0.717) is 11.5 Å². The van der Waals surface area contributed by atoms with E-state index in [4.69, 9.17) is 0 Å². The van der Waals surface area contributed by atoms with Crippen LogP contribution in [0.3, 0.4) is 0 Å². The third kappa shape index (κ3) is 6.27. The van der Waals surface area contributed by atoms with E-state index in [1.54, 1.807) is 0 Å². The first-order valence-corrected chi connectivity index (χ1v) is 8.43. The number of unbranched alkanes of at least 4 members (excludes halogenated alkanes) is 1. The van der Waals surface area contributed by atoms with Crippen LogP contribution in [-0.2, 0) is 0 Å². The van der Waals surface area contributed by atoms with Gasteiger partial charge in [0.15, 0.2) is 0 Å². The lowest BCUT2D eigenvalue weighted by atomic mass is 9.86. The van der Waals surface area contributed by atoms with Gasteiger partial charge in [-0.15, -0.1) is 0 Å². The molecule has 0 spiro atoms. The van der Waals surface area contributed by atoms with Gasteiger partial charge in [-0.2, -0.15) is 0 Å². The van der Waals surface area contributed by atoms with E-state index >= 15 is 0 Å². The van der Waals surface area contributed by atoms with Crippen molar-refractivity contribution in [3.05, 3.63) is 0 Å². The van der Waals surface area contributed by atoms with Gasteiger partial charge >= 0.3 is 0 Å². The van der Waals surface area contributed by atoms with Gasteiger partial charge < -0.3 is 10.2 Å². The van der Waals surface area contributed by atoms with Crippen molar-refractivity contribution < 1.29 is 0 Å². The van der Waals surface area contributed by atoms with Crippen LogP contribution in [0.4, 0.5) is 0 Å². The van der Waals surface area contributed by atoms with E-state index in [2.05, 4.69) is 44.8 Å². The quantitative estimate of drug-likeness (QED) is 0.785. The molecule has 1 aliphatic rings. The average Bonchev–Trinajstić information content (AvgIpc) is 2.59. The van der Waals surface area contributed by atoms with Crippen molar-refractivity contribution in [1.82, 2.24) is 10.2 Å². The molecule has 114 valence electrons. The molecule has 1 saturated heterocycles. The van der Waals surface area contributed by atoms with E-state index in [-0.39, 0.29) is 0 Å². The first-order chi connectivity index (χ1) is 8.97. The van der Waals surface area contributed by atoms with Crippen LogP contribution in [0.5, 0.6) is 0 Å². The predicted octanol–water partition coefficient (Wildman–Crippen LogP) is 3.91. The summed E-state index contributed by atoms with van der Waals surface area (Å²) in [6, 6.07) is 0.638. The molecule has 0 aromatic rings. The lowest BCUT2D eigenvalue weighted by Gasteiger charge is -2.35. The SMILES string of the molecule is CCCCC(CC)CN1CCCNC(C(C)(C)C)C1. The number of hydrogen-bond donors (Lipinski definition) is 1. The van der Waals surface area contributed by atoms with Crippen molar-refractivity contribution in [2.45, 2.75) is 72.8 Å². The molecule has 2 nitrogen and oxygen atoms in total. The molecular weight excluding hydrogens is 232 g/mol. The van der Waals surface area contributed by atoms with Crippen LogP contribution in [0.25, 0.3) is 0 Å². The Morgan fingerprint density at radius 2 is 2.00 bits per heavy atom. The Labute approximate surface area is 121 Å². The molecule has 1 N–H and O–H groups in total. The van der Waals surface area contributed by atoms with Gasteiger partial charge in [0, 0.05) is 19.1 Å². The Bertz CT molecular complexity index is 232. The second-order valence-electron chi connectivity index (χ2n) is 7.40. The lowest BCUT2D eigenvalue weighted by molar-refractivity contribution is 0.172. The van der Waals surface area contributed by atoms with Crippen molar-refractivity contribution in [1.29, 1.82) is 0 Å². The number of rotatable bonds is 6. The first-order valence-electron chi connectivity index (χ1n) is 8.43. The third-order valence-electron chi connectivity index (χ3n) is 4.59. The Morgan fingerprint density at radius 3 is 2.58 bits per heavy atom. The van der Waals surface area contributed by atoms with Crippen molar-refractivity contribution in [3.63, 3.8) is 0 Å². The Balaban J connectivity index is 2.50. The summed E-state index contributed by atoms with van der Waals surface area (Å²) in [5.74, 6) is 0.902. The molecule has 2 atom stereocenters. The molecule has 0 bridgehead atoms. The highest BCUT2D eigenvalue weighted by Gasteiger charge is 2.28. The van der Waals surface area contributed by atoms with E-state index < -0.39 is 0 Å². The molecule has 0 amide bonds. The average molecular weight is 268 g/mol. The van der Waals surface area contributed by atoms with E-state index in [1.165, 1.54) is 58.3 Å². The van der Waals surface area contributed by atoms with Crippen molar-refractivity contribution in [3.8, 4) is 0 Å². The second-order valence-corrected chi connectivity index (χ2v) is 7.40. The summed E-state index contributed by atoms with van der Waals surface area (Å²) >= 11 is 0. The largest absolute Gasteiger partial charge is 0.312 e. The van der Waals surface area contributed by atoms with Gasteiger partial charge in [-0.3, -0.25) is 0 Å². The minimum Gasteiger partial charge on any atom is -0.312 e. The van der Waals surface area contributed by atoms with Crippen LogP contribution < -0.4 is 5.32 Å². The predicted molar refractivity (Wildman–Crippen MR) is 85.6 cm³/mol. The summed E-state index contributed by atoms with van der Waals surface area (Å²) in [5.41, 5.74) is 0.369. The summed E-state index contributed by atoms with van der Waals surface area (Å²) in [5, 5.41) is 3.74. The fourth-order valence-corrected chi connectivity index (χ4v) is 3.02. The monoisotopic (exact) mass is 268 g/mol. The highest BCUT2D eigenvalue weighted by atomic mass is 15.2. The normalized spacial score (nSPS) is 24.2. The molecule has 1 aliphatic heterocycles. The summed E-state index contributed by atoms with van der Waals surface area (Å²) in [6.07, 6.45) is 6.79. The maximum atomic E-state index is 3.74. The molecule has 0 aliphatic carbocycles. The summed E-state index contributed by atoms with van der Waals surface area (Å²) < 4.78 is 0. The molecule has 19 heavy (non-hydrogen) atoms. The van der Waals surface area contributed by atoms with Crippen molar-refractivity contribution in [2.75, 3.05) is 26.2 Å². The van der Waals surface area contributed by atoms with Gasteiger partial charge in [-0.25, -0.2) is 0 Å². The molecule has 2 unspecified atom stereocenters. The van der Waals surface area contributed by atoms with Gasteiger partial charge in [-0.05, 0) is 37.3 Å². The molecule has 0 aromatic heterocycles. The van der Waals surface area contributed by atoms with E-state index in [9.17, 15) is 0 Å². The number of nitrogens with zero attached hydrogens (tertiary/aromatic N) is 1. The molecule has 0 saturated carbocycles. The second kappa shape index (κ2) is 8.26. The molecule has 0 aromatic carbocycles. The van der Waals surface area contributed by atoms with Crippen LogP contribution in [0.2, 0.25) is 0 Å². The summed E-state index contributed by atoms with van der Waals surface area (Å²) in [4.78, 5) is 2.72. The Hall–Kier alpha value is -0.0800. The number of nitrogens with one attached hydrogen (secondary N) is 1. The fraction of sp³-hybridized carbons (Fsp3) is 1.00. The van der Waals surface area contributed by atoms with Crippen LogP contribution >= 0.6 is 0 Å². The van der Waals surface area contributed by atoms with Crippen LogP contribution in [0, 0.1) is 11.3 Å². The van der Waals surface area contributed by atoms with Gasteiger partial charge in [0.25, 0.3) is 0 Å². The van der Waals surface area contributed by atoms with Gasteiger partial charge in [0.2, 0.25) is 0 Å². The molecule has 0 radical (unpaired) electrons. The topological polar surface area (TPSA) is 15.3 Å². The van der Waals surface area contributed by atoms with Crippen LogP contribution in [-0.4, -0.2) is 37.1 Å². The first kappa shape index (κ1) is 17.0. The maximum Gasteiger partial charge on any atom is 0.0243 e. The standard InChI is InChI=1S/C17H36N2/c1-6-8-10-15(7-2)13-19-12-9-11-18-16(14-19)17(3,4)5/h15-16,18H,6-14H2,1-5H3. The van der Waals surface area contributed by atoms with Crippen molar-refractivity contribution in [2.24, 2.45) is 11.3 Å². The van der Waals surface area contributed by atoms with Crippen LogP contribution in [0.1, 0.15) is 66.7 Å². The minimum absolute atomic E-state index is 0.369. The highest BCUT2D eigenvalue weighted by Crippen LogP contribution is 2.23. The van der Waals surface area contributed by atoms with Gasteiger partial charge in [-0.1, -0.05) is 53.9 Å². The third-order valence-corrected chi connectivity index (χ3v) is 4.59. The van der Waals surface area contributed by atoms with Gasteiger partial charge in [0.05, 0.1) is 0 Å². The summed E-state index contributed by atoms with van der Waals surface area (Å²) in [7, 11) is 0. The highest BCUT2D eigenvalue weighted by molar-refractivity contribution is 4.86. The molecule has 1 heterocycles. The van der Waals surface area contributed by atoms with Crippen molar-refractivity contribution >= 4 is 0 Å². The summed E-state index contributed by atoms with van der Waals surface area (Å²) in [6.45, 7) is 16.8. The molecule has 1 fully saturated rings. The minimum atomic E-state index is 0.369. The molecule has 2 heteroatoms. The fourth-order valence-electron chi connectivity index (χ4n) is 3.02. The van der Waals surface area contributed by atoms with E-state index in [0.717, 1.165) is 5.92 Å². The smallest absolute Gasteiger partial charge is 0.0243 e. The Morgan fingerprint density at radius 1 is 1.26 bits per heavy atom. The number of hydrogen-bond acceptors (Lipinski definition) is 2. The molecular formula is C17H36N2. The van der Waals surface area contributed by atoms with E-state index in [1.807, 2.05) is 0 Å². The van der Waals surface area contributed by atoms with Crippen LogP contribution in [0.15, 0.2) is 0 Å². The zero-order chi connectivity index (χ0) is 14.3.